The summed E-state index contributed by atoms with van der Waals surface area (Å²) in [6.45, 7) is 5.50. The van der Waals surface area contributed by atoms with Crippen LogP contribution in [0.3, 0.4) is 0 Å². The molecule has 0 atom stereocenters. The van der Waals surface area contributed by atoms with E-state index in [0.29, 0.717) is 0 Å². The van der Waals surface area contributed by atoms with Crippen molar-refractivity contribution in [2.24, 2.45) is 0 Å². The second-order valence-corrected chi connectivity index (χ2v) is 3.79. The summed E-state index contributed by atoms with van der Waals surface area (Å²) in [5.74, 6) is 8.49. The van der Waals surface area contributed by atoms with Crippen LogP contribution in [-0.2, 0) is 22.4 Å². The van der Waals surface area contributed by atoms with Crippen LogP contribution in [0.25, 0.3) is 0 Å². The molecule has 0 heterocycles. The van der Waals surface area contributed by atoms with E-state index < -0.39 is 0 Å². The van der Waals surface area contributed by atoms with Crippen molar-refractivity contribution in [3.63, 3.8) is 0 Å². The molecule has 0 saturated heterocycles. The summed E-state index contributed by atoms with van der Waals surface area (Å²) >= 11 is 0. The van der Waals surface area contributed by atoms with Crippen molar-refractivity contribution >= 4 is 0 Å². The number of hydrogen-bond donors (Lipinski definition) is 0. The van der Waals surface area contributed by atoms with Crippen molar-refractivity contribution < 1.29 is 46.4 Å². The molecule has 110 valence electrons. The van der Waals surface area contributed by atoms with Gasteiger partial charge in [0.1, 0.15) is 0 Å². The van der Waals surface area contributed by atoms with E-state index in [1.165, 1.54) is 0 Å². The van der Waals surface area contributed by atoms with Crippen molar-refractivity contribution in [1.29, 1.82) is 0 Å². The predicted octanol–water partition coefficient (Wildman–Crippen LogP) is 1.26. The van der Waals surface area contributed by atoms with E-state index in [0.717, 1.165) is 23.1 Å². The van der Waals surface area contributed by atoms with Gasteiger partial charge in [0.25, 0.3) is 0 Å². The number of hydrogen-bond acceptors (Lipinski definition) is 0. The van der Waals surface area contributed by atoms with E-state index in [-0.39, 0.29) is 46.4 Å². The van der Waals surface area contributed by atoms with E-state index in [4.69, 9.17) is 6.42 Å². The third-order valence-electron chi connectivity index (χ3n) is 2.18. The quantitative estimate of drug-likeness (QED) is 0.255. The van der Waals surface area contributed by atoms with Gasteiger partial charge < -0.3 is 24.0 Å². The molecule has 0 aliphatic heterocycles. The molecule has 0 spiro atoms. The SMILES string of the molecule is [Au+].[CH2]CC.[C]#Cc1ccccc1C#Cc1ccccc1.[I-]. The minimum Gasteiger partial charge on any atom is -1.00 e. The third-order valence-corrected chi connectivity index (χ3v) is 2.18. The van der Waals surface area contributed by atoms with Gasteiger partial charge in [-0.3, -0.25) is 0 Å². The molecule has 0 unspecified atom stereocenters. The zero-order valence-corrected chi connectivity index (χ0v) is 16.1. The smallest absolute Gasteiger partial charge is 1.00 e. The largest absolute Gasteiger partial charge is 1.00 e. The summed E-state index contributed by atoms with van der Waals surface area (Å²) in [5, 5.41) is 0. The van der Waals surface area contributed by atoms with E-state index in [2.05, 4.69) is 24.7 Å². The van der Waals surface area contributed by atoms with Gasteiger partial charge in [0, 0.05) is 16.7 Å². The van der Waals surface area contributed by atoms with Gasteiger partial charge in [-0.2, -0.15) is 0 Å². The zero-order valence-electron chi connectivity index (χ0n) is 11.8. The number of rotatable bonds is 0. The summed E-state index contributed by atoms with van der Waals surface area (Å²) in [6.07, 6.45) is 8.15. The van der Waals surface area contributed by atoms with Gasteiger partial charge in [0.2, 0.25) is 0 Å². The standard InChI is InChI=1S/C16H9.C3H7.Au.HI/c1-2-15-10-6-7-11-16(15)13-12-14-8-4-3-5-9-14;1-3-2;;/h3-11H;1,3H2,2H3;;1H/q;;+1;/p-1. The monoisotopic (exact) mass is 568 g/mol. The Kier molecular flexibility index (Phi) is 14.9. The van der Waals surface area contributed by atoms with Crippen LogP contribution in [0, 0.1) is 31.1 Å². The van der Waals surface area contributed by atoms with Crippen LogP contribution in [0.2, 0.25) is 0 Å². The fourth-order valence-electron chi connectivity index (χ4n) is 1.36. The normalized spacial score (nSPS) is 7.48. The van der Waals surface area contributed by atoms with Gasteiger partial charge in [0.05, 0.1) is 0 Å². The van der Waals surface area contributed by atoms with Crippen molar-refractivity contribution in [2.75, 3.05) is 0 Å². The Morgan fingerprint density at radius 1 is 0.905 bits per heavy atom. The molecule has 0 N–H and O–H groups in total. The maximum atomic E-state index is 7.15. The maximum absolute atomic E-state index is 7.15. The van der Waals surface area contributed by atoms with Crippen molar-refractivity contribution in [2.45, 2.75) is 13.3 Å². The number of halogens is 1. The molecule has 0 aromatic heterocycles. The van der Waals surface area contributed by atoms with E-state index >= 15 is 0 Å². The Labute approximate surface area is 161 Å². The minimum absolute atomic E-state index is 0. The average Bonchev–Trinajstić information content (AvgIpc) is 2.47. The van der Waals surface area contributed by atoms with Crippen LogP contribution in [0.15, 0.2) is 54.6 Å². The average molecular weight is 568 g/mol. The van der Waals surface area contributed by atoms with E-state index in [9.17, 15) is 0 Å². The zero-order chi connectivity index (χ0) is 13.9. The van der Waals surface area contributed by atoms with Crippen molar-refractivity contribution in [3.8, 4) is 17.8 Å². The van der Waals surface area contributed by atoms with Crippen LogP contribution in [0.1, 0.15) is 30.0 Å². The molecule has 0 amide bonds. The van der Waals surface area contributed by atoms with Gasteiger partial charge in [0.15, 0.2) is 0 Å². The first-order valence-corrected chi connectivity index (χ1v) is 6.20. The second-order valence-electron chi connectivity index (χ2n) is 3.79. The van der Waals surface area contributed by atoms with Crippen LogP contribution >= 0.6 is 0 Å². The molecule has 0 aliphatic rings. The Hall–Kier alpha value is -0.970. The minimum atomic E-state index is 0. The van der Waals surface area contributed by atoms with Gasteiger partial charge in [-0.15, -0.1) is 0 Å². The first kappa shape index (κ1) is 22.3. The molecule has 2 rings (SSSR count). The molecular formula is C19H16AuI. The topological polar surface area (TPSA) is 0 Å². The first-order valence-electron chi connectivity index (χ1n) is 6.20. The molecule has 0 saturated carbocycles. The fourth-order valence-corrected chi connectivity index (χ4v) is 1.36. The molecule has 0 fully saturated rings. The van der Waals surface area contributed by atoms with Gasteiger partial charge in [-0.05, 0) is 30.7 Å². The Balaban J connectivity index is 0. The predicted molar refractivity (Wildman–Crippen MR) is 80.7 cm³/mol. The number of benzene rings is 2. The molecule has 2 aromatic carbocycles. The van der Waals surface area contributed by atoms with Crippen molar-refractivity contribution in [3.05, 3.63) is 84.6 Å². The Bertz CT molecular complexity index is 601. The van der Waals surface area contributed by atoms with Gasteiger partial charge >= 0.3 is 22.4 Å². The van der Waals surface area contributed by atoms with E-state index in [1.807, 2.05) is 61.5 Å². The van der Waals surface area contributed by atoms with Crippen LogP contribution < -0.4 is 24.0 Å². The Morgan fingerprint density at radius 2 is 1.38 bits per heavy atom. The van der Waals surface area contributed by atoms with Gasteiger partial charge in [-0.1, -0.05) is 68.4 Å². The molecule has 0 nitrogen and oxygen atoms in total. The summed E-state index contributed by atoms with van der Waals surface area (Å²) in [5.41, 5.74) is 2.54. The molecule has 0 aliphatic carbocycles. The molecular weight excluding hydrogens is 552 g/mol. The van der Waals surface area contributed by atoms with Crippen molar-refractivity contribution in [1.82, 2.24) is 0 Å². The molecule has 0 bridgehead atoms. The summed E-state index contributed by atoms with van der Waals surface area (Å²) in [4.78, 5) is 0. The molecule has 2 radical (unpaired) electrons. The summed E-state index contributed by atoms with van der Waals surface area (Å²) < 4.78 is 0. The Morgan fingerprint density at radius 3 is 1.90 bits per heavy atom. The van der Waals surface area contributed by atoms with Crippen LogP contribution in [0.5, 0.6) is 0 Å². The van der Waals surface area contributed by atoms with Crippen LogP contribution in [-0.4, -0.2) is 0 Å². The maximum Gasteiger partial charge on any atom is 1.00 e. The first-order chi connectivity index (χ1) is 9.31. The van der Waals surface area contributed by atoms with Crippen LogP contribution in [0.4, 0.5) is 0 Å². The molecule has 2 heteroatoms. The molecule has 2 aromatic rings. The second kappa shape index (κ2) is 14.0. The third kappa shape index (κ3) is 8.81. The summed E-state index contributed by atoms with van der Waals surface area (Å²) in [6, 6.07) is 17.3. The van der Waals surface area contributed by atoms with E-state index in [1.54, 1.807) is 0 Å². The summed E-state index contributed by atoms with van der Waals surface area (Å²) in [7, 11) is 0. The molecule has 21 heavy (non-hydrogen) atoms. The fraction of sp³-hybridized carbons (Fsp3) is 0.105. The van der Waals surface area contributed by atoms with Gasteiger partial charge in [-0.25, -0.2) is 0 Å².